The van der Waals surface area contributed by atoms with Crippen molar-refractivity contribution < 1.29 is 44.9 Å². The molecule has 0 aromatic rings. The molecule has 5 aliphatic rings. The second-order valence-corrected chi connectivity index (χ2v) is 12.4. The summed E-state index contributed by atoms with van der Waals surface area (Å²) in [7, 11) is 0. The van der Waals surface area contributed by atoms with Gasteiger partial charge < -0.3 is 40.1 Å². The standard InChI is InChI=1S/C26H40O9/c1-12-9-26-7-4-16-24(2,17(26)8-14(28)13(12)10-26)6-5-18(29)25(16,3)23(33)35-22-21(32)20(31)19(30)15(11-27)34-22/h13-22,27-32H,1,4-11H2,2-3H3/t13-,14-,15-,16+,17+,18-,19-,20+,21-,22+,24-,25+,26-/m1/s1. The van der Waals surface area contributed by atoms with Gasteiger partial charge in [-0.1, -0.05) is 19.1 Å². The fourth-order valence-electron chi connectivity index (χ4n) is 8.89. The number of ether oxygens (including phenoxy) is 2. The minimum absolute atomic E-state index is 0.0661. The van der Waals surface area contributed by atoms with Gasteiger partial charge in [0.05, 0.1) is 24.2 Å². The number of esters is 1. The van der Waals surface area contributed by atoms with Crippen molar-refractivity contribution in [3.63, 3.8) is 0 Å². The quantitative estimate of drug-likeness (QED) is 0.238. The molecule has 6 N–H and O–H groups in total. The van der Waals surface area contributed by atoms with Crippen LogP contribution in [0.3, 0.4) is 0 Å². The summed E-state index contributed by atoms with van der Waals surface area (Å²) in [5, 5.41) is 62.1. The molecule has 9 nitrogen and oxygen atoms in total. The molecule has 1 heterocycles. The SMILES string of the molecule is C=C1C[C@@]23CC[C@H]4[C@@](C)(CC[C@@H](O)[C@@]4(C)C(=O)O[C@@H]4O[C@H](CO)[C@@H](O)[C@H](O)[C@H]4O)[C@@H]2C[C@@H](O)[C@@H]1C3. The summed E-state index contributed by atoms with van der Waals surface area (Å²) in [6.07, 6.45) is -3.87. The van der Waals surface area contributed by atoms with Crippen LogP contribution < -0.4 is 0 Å². The van der Waals surface area contributed by atoms with Gasteiger partial charge >= 0.3 is 5.97 Å². The van der Waals surface area contributed by atoms with Gasteiger partial charge in [0.1, 0.15) is 24.4 Å². The van der Waals surface area contributed by atoms with Crippen molar-refractivity contribution in [2.75, 3.05) is 6.61 Å². The zero-order chi connectivity index (χ0) is 25.5. The van der Waals surface area contributed by atoms with Crippen LogP contribution >= 0.6 is 0 Å². The summed E-state index contributed by atoms with van der Waals surface area (Å²) in [6, 6.07) is 0. The molecule has 1 aliphatic heterocycles. The molecular formula is C26H40O9. The maximum atomic E-state index is 13.7. The van der Waals surface area contributed by atoms with E-state index >= 15 is 0 Å². The van der Waals surface area contributed by atoms with Crippen LogP contribution in [0, 0.1) is 34.0 Å². The predicted molar refractivity (Wildman–Crippen MR) is 122 cm³/mol. The van der Waals surface area contributed by atoms with Gasteiger partial charge in [-0.15, -0.1) is 0 Å². The third-order valence-corrected chi connectivity index (χ3v) is 10.8. The number of hydrogen-bond acceptors (Lipinski definition) is 9. The summed E-state index contributed by atoms with van der Waals surface area (Å²) >= 11 is 0. The lowest BCUT2D eigenvalue weighted by Gasteiger charge is -2.64. The molecule has 1 spiro atoms. The molecule has 0 unspecified atom stereocenters. The molecule has 4 saturated carbocycles. The van der Waals surface area contributed by atoms with Gasteiger partial charge in [0, 0.05) is 5.92 Å². The lowest BCUT2D eigenvalue weighted by atomic mass is 9.40. The first-order valence-electron chi connectivity index (χ1n) is 12.9. The van der Waals surface area contributed by atoms with Crippen LogP contribution in [0.1, 0.15) is 58.8 Å². The Labute approximate surface area is 205 Å². The lowest BCUT2D eigenvalue weighted by molar-refractivity contribution is -0.300. The van der Waals surface area contributed by atoms with Gasteiger partial charge in [-0.3, -0.25) is 4.79 Å². The largest absolute Gasteiger partial charge is 0.432 e. The fourth-order valence-corrected chi connectivity index (χ4v) is 8.89. The van der Waals surface area contributed by atoms with E-state index < -0.39 is 60.9 Å². The lowest BCUT2D eigenvalue weighted by Crippen LogP contribution is -2.64. The minimum Gasteiger partial charge on any atom is -0.432 e. The van der Waals surface area contributed by atoms with Crippen molar-refractivity contribution in [2.45, 2.75) is 102 Å². The number of carbonyl (C=O) groups excluding carboxylic acids is 1. The highest BCUT2D eigenvalue weighted by atomic mass is 16.7. The molecular weight excluding hydrogens is 456 g/mol. The normalized spacial score (nSPS) is 55.7. The predicted octanol–water partition coefficient (Wildman–Crippen LogP) is 0.240. The molecule has 2 bridgehead atoms. The van der Waals surface area contributed by atoms with Gasteiger partial charge in [-0.2, -0.15) is 0 Å². The highest BCUT2D eigenvalue weighted by Gasteiger charge is 2.68. The molecule has 35 heavy (non-hydrogen) atoms. The molecule has 4 aliphatic carbocycles. The molecule has 0 aromatic heterocycles. The second-order valence-electron chi connectivity index (χ2n) is 12.4. The van der Waals surface area contributed by atoms with Crippen molar-refractivity contribution >= 4 is 5.97 Å². The van der Waals surface area contributed by atoms with Crippen LogP contribution in [0.4, 0.5) is 0 Å². The number of hydrogen-bond donors (Lipinski definition) is 6. The Kier molecular flexibility index (Phi) is 6.19. The average molecular weight is 497 g/mol. The Balaban J connectivity index is 1.43. The van der Waals surface area contributed by atoms with Crippen LogP contribution in [-0.2, 0) is 14.3 Å². The van der Waals surface area contributed by atoms with Crippen molar-refractivity contribution in [3.05, 3.63) is 12.2 Å². The molecule has 198 valence electrons. The summed E-state index contributed by atoms with van der Waals surface area (Å²) in [6.45, 7) is 7.52. The van der Waals surface area contributed by atoms with Gasteiger partial charge in [-0.25, -0.2) is 0 Å². The number of rotatable bonds is 3. The Morgan fingerprint density at radius 1 is 1.06 bits per heavy atom. The van der Waals surface area contributed by atoms with E-state index in [-0.39, 0.29) is 28.6 Å². The molecule has 13 atom stereocenters. The molecule has 0 amide bonds. The van der Waals surface area contributed by atoms with Gasteiger partial charge in [-0.05, 0) is 74.5 Å². The van der Waals surface area contributed by atoms with Crippen molar-refractivity contribution in [1.82, 2.24) is 0 Å². The van der Waals surface area contributed by atoms with E-state index in [0.29, 0.717) is 12.8 Å². The number of aliphatic hydroxyl groups is 6. The maximum absolute atomic E-state index is 13.7. The summed E-state index contributed by atoms with van der Waals surface area (Å²) in [5.74, 6) is -0.620. The van der Waals surface area contributed by atoms with Crippen molar-refractivity contribution in [2.24, 2.45) is 34.0 Å². The van der Waals surface area contributed by atoms with E-state index in [4.69, 9.17) is 9.47 Å². The van der Waals surface area contributed by atoms with E-state index in [1.165, 1.54) is 0 Å². The maximum Gasteiger partial charge on any atom is 0.317 e. The number of fused-ring (bicyclic) bond motifs is 3. The zero-order valence-corrected chi connectivity index (χ0v) is 20.5. The Bertz CT molecular complexity index is 877. The third-order valence-electron chi connectivity index (χ3n) is 10.8. The summed E-state index contributed by atoms with van der Waals surface area (Å²) in [5.41, 5.74) is -0.402. The third kappa shape index (κ3) is 3.50. The van der Waals surface area contributed by atoms with E-state index in [2.05, 4.69) is 13.5 Å². The Morgan fingerprint density at radius 3 is 2.46 bits per heavy atom. The van der Waals surface area contributed by atoms with E-state index in [0.717, 1.165) is 37.7 Å². The first-order chi connectivity index (χ1) is 16.4. The highest BCUT2D eigenvalue weighted by molar-refractivity contribution is 5.78. The number of aliphatic hydroxyl groups excluding tert-OH is 6. The molecule has 5 rings (SSSR count). The first-order valence-corrected chi connectivity index (χ1v) is 12.9. The summed E-state index contributed by atoms with van der Waals surface area (Å²) < 4.78 is 11.0. The van der Waals surface area contributed by atoms with E-state index in [9.17, 15) is 35.4 Å². The molecule has 0 aromatic carbocycles. The monoisotopic (exact) mass is 496 g/mol. The van der Waals surface area contributed by atoms with Crippen molar-refractivity contribution in [1.29, 1.82) is 0 Å². The molecule has 9 heteroatoms. The first kappa shape index (κ1) is 25.6. The summed E-state index contributed by atoms with van der Waals surface area (Å²) in [4.78, 5) is 13.7. The molecule has 1 saturated heterocycles. The topological polar surface area (TPSA) is 157 Å². The number of carbonyl (C=O) groups is 1. The van der Waals surface area contributed by atoms with Crippen LogP contribution in [-0.4, -0.2) is 86.1 Å². The van der Waals surface area contributed by atoms with Gasteiger partial charge in [0.2, 0.25) is 6.29 Å². The zero-order valence-electron chi connectivity index (χ0n) is 20.5. The van der Waals surface area contributed by atoms with Gasteiger partial charge in [0.25, 0.3) is 0 Å². The Hall–Kier alpha value is -1.07. The second kappa shape index (κ2) is 8.48. The smallest absolute Gasteiger partial charge is 0.317 e. The minimum atomic E-state index is -1.70. The van der Waals surface area contributed by atoms with E-state index in [1.807, 2.05) is 0 Å². The fraction of sp³-hybridized carbons (Fsp3) is 0.885. The average Bonchev–Trinajstić information content (AvgIpc) is 3.10. The molecule has 0 radical (unpaired) electrons. The Morgan fingerprint density at radius 2 is 1.77 bits per heavy atom. The molecule has 5 fully saturated rings. The van der Waals surface area contributed by atoms with Crippen LogP contribution in [0.5, 0.6) is 0 Å². The highest BCUT2D eigenvalue weighted by Crippen LogP contribution is 2.72. The van der Waals surface area contributed by atoms with Crippen molar-refractivity contribution in [3.8, 4) is 0 Å². The van der Waals surface area contributed by atoms with Gasteiger partial charge in [0.15, 0.2) is 0 Å². The van der Waals surface area contributed by atoms with Crippen LogP contribution in [0.2, 0.25) is 0 Å². The van der Waals surface area contributed by atoms with E-state index in [1.54, 1.807) is 6.92 Å². The van der Waals surface area contributed by atoms with Crippen LogP contribution in [0.15, 0.2) is 12.2 Å². The van der Waals surface area contributed by atoms with Crippen LogP contribution in [0.25, 0.3) is 0 Å².